The highest BCUT2D eigenvalue weighted by molar-refractivity contribution is 6.30. The molecule has 0 spiro atoms. The predicted molar refractivity (Wildman–Crippen MR) is 82.9 cm³/mol. The van der Waals surface area contributed by atoms with Crippen LogP contribution in [0, 0.1) is 11.8 Å². The molecule has 2 aliphatic heterocycles. The third kappa shape index (κ3) is 2.18. The number of halogens is 1. The summed E-state index contributed by atoms with van der Waals surface area (Å²) in [5.41, 5.74) is 2.46. The van der Waals surface area contributed by atoms with Crippen molar-refractivity contribution in [3.05, 3.63) is 28.3 Å². The van der Waals surface area contributed by atoms with Gasteiger partial charge in [0.15, 0.2) is 0 Å². The standard InChI is InChI=1S/C17H22ClNO2/c1-17(2)9-21-16-11(3-12(18)5-14(16)17)7-19-6-10-4-15(20)13(10)8-19/h3,5,10,13,15,20H,4,6-9H2,1-2H3/t10-,13+,15-/m1/s1. The largest absolute Gasteiger partial charge is 0.492 e. The number of aliphatic hydroxyl groups excluding tert-OH is 1. The molecule has 4 rings (SSSR count). The summed E-state index contributed by atoms with van der Waals surface area (Å²) in [4.78, 5) is 2.44. The van der Waals surface area contributed by atoms with Crippen molar-refractivity contribution in [2.24, 2.45) is 11.8 Å². The number of nitrogens with zero attached hydrogens (tertiary/aromatic N) is 1. The zero-order chi connectivity index (χ0) is 14.8. The molecule has 1 aromatic rings. The Morgan fingerprint density at radius 2 is 2.19 bits per heavy atom. The van der Waals surface area contributed by atoms with Gasteiger partial charge in [-0.05, 0) is 24.5 Å². The van der Waals surface area contributed by atoms with Crippen molar-refractivity contribution in [2.45, 2.75) is 38.3 Å². The summed E-state index contributed by atoms with van der Waals surface area (Å²) in [6, 6.07) is 4.09. The van der Waals surface area contributed by atoms with Gasteiger partial charge >= 0.3 is 0 Å². The number of hydrogen-bond acceptors (Lipinski definition) is 3. The number of aliphatic hydroxyl groups is 1. The highest BCUT2D eigenvalue weighted by Crippen LogP contribution is 2.45. The Morgan fingerprint density at radius 1 is 1.38 bits per heavy atom. The summed E-state index contributed by atoms with van der Waals surface area (Å²) >= 11 is 6.32. The van der Waals surface area contributed by atoms with Gasteiger partial charge in [-0.1, -0.05) is 25.4 Å². The van der Waals surface area contributed by atoms with Crippen LogP contribution in [-0.2, 0) is 12.0 Å². The third-order valence-corrected chi connectivity index (χ3v) is 5.65. The van der Waals surface area contributed by atoms with Gasteiger partial charge in [-0.2, -0.15) is 0 Å². The molecular formula is C17H22ClNO2. The van der Waals surface area contributed by atoms with Gasteiger partial charge in [0, 0.05) is 47.1 Å². The number of likely N-dealkylation sites (tertiary alicyclic amines) is 1. The molecule has 3 nitrogen and oxygen atoms in total. The molecule has 0 amide bonds. The van der Waals surface area contributed by atoms with E-state index >= 15 is 0 Å². The van der Waals surface area contributed by atoms with Crippen LogP contribution in [0.4, 0.5) is 0 Å². The topological polar surface area (TPSA) is 32.7 Å². The fourth-order valence-electron chi connectivity index (χ4n) is 4.10. The molecule has 1 N–H and O–H groups in total. The molecule has 3 aliphatic rings. The first-order chi connectivity index (χ1) is 9.94. The molecule has 2 fully saturated rings. The first-order valence-corrected chi connectivity index (χ1v) is 8.18. The summed E-state index contributed by atoms with van der Waals surface area (Å²) in [5, 5.41) is 10.6. The lowest BCUT2D eigenvalue weighted by atomic mass is 9.74. The van der Waals surface area contributed by atoms with Crippen LogP contribution < -0.4 is 4.74 Å². The molecule has 0 aromatic heterocycles. The van der Waals surface area contributed by atoms with E-state index in [1.54, 1.807) is 0 Å². The molecule has 2 heterocycles. The fraction of sp³-hybridized carbons (Fsp3) is 0.647. The molecule has 0 bridgehead atoms. The molecule has 21 heavy (non-hydrogen) atoms. The molecule has 1 aliphatic carbocycles. The van der Waals surface area contributed by atoms with E-state index < -0.39 is 0 Å². The van der Waals surface area contributed by atoms with Crippen molar-refractivity contribution in [3.8, 4) is 5.75 Å². The lowest BCUT2D eigenvalue weighted by Gasteiger charge is -2.35. The van der Waals surface area contributed by atoms with Gasteiger partial charge in [0.25, 0.3) is 0 Å². The van der Waals surface area contributed by atoms with Gasteiger partial charge in [-0.15, -0.1) is 0 Å². The maximum atomic E-state index is 9.80. The van der Waals surface area contributed by atoms with Crippen LogP contribution in [0.2, 0.25) is 5.02 Å². The lowest BCUT2D eigenvalue weighted by molar-refractivity contribution is -0.00435. The molecule has 1 saturated heterocycles. The van der Waals surface area contributed by atoms with Crippen LogP contribution in [0.25, 0.3) is 0 Å². The second-order valence-electron chi connectivity index (χ2n) is 7.54. The lowest BCUT2D eigenvalue weighted by Crippen LogP contribution is -2.39. The highest BCUT2D eigenvalue weighted by Gasteiger charge is 2.46. The van der Waals surface area contributed by atoms with Gasteiger partial charge in [0.1, 0.15) is 5.75 Å². The minimum atomic E-state index is -0.0831. The minimum Gasteiger partial charge on any atom is -0.492 e. The zero-order valence-electron chi connectivity index (χ0n) is 12.6. The number of hydrogen-bond donors (Lipinski definition) is 1. The Bertz CT molecular complexity index is 586. The van der Waals surface area contributed by atoms with Crippen LogP contribution in [-0.4, -0.2) is 35.8 Å². The Labute approximate surface area is 130 Å². The zero-order valence-corrected chi connectivity index (χ0v) is 13.4. The summed E-state index contributed by atoms with van der Waals surface area (Å²) in [6.45, 7) is 8.08. The van der Waals surface area contributed by atoms with E-state index in [1.807, 2.05) is 12.1 Å². The molecule has 1 aromatic carbocycles. The Balaban J connectivity index is 1.59. The van der Waals surface area contributed by atoms with Crippen LogP contribution in [0.3, 0.4) is 0 Å². The fourth-order valence-corrected chi connectivity index (χ4v) is 4.34. The van der Waals surface area contributed by atoms with Gasteiger partial charge in [-0.25, -0.2) is 0 Å². The van der Waals surface area contributed by atoms with Crippen LogP contribution >= 0.6 is 11.6 Å². The Kier molecular flexibility index (Phi) is 3.04. The maximum Gasteiger partial charge on any atom is 0.127 e. The van der Waals surface area contributed by atoms with Gasteiger partial charge in [-0.3, -0.25) is 4.90 Å². The van der Waals surface area contributed by atoms with E-state index in [0.29, 0.717) is 11.8 Å². The molecule has 0 radical (unpaired) electrons. The van der Waals surface area contributed by atoms with Gasteiger partial charge in [0.2, 0.25) is 0 Å². The number of ether oxygens (including phenoxy) is 1. The van der Waals surface area contributed by atoms with Crippen molar-refractivity contribution in [3.63, 3.8) is 0 Å². The molecule has 114 valence electrons. The van der Waals surface area contributed by atoms with Crippen LogP contribution in [0.5, 0.6) is 5.75 Å². The van der Waals surface area contributed by atoms with E-state index in [1.165, 1.54) is 11.1 Å². The van der Waals surface area contributed by atoms with E-state index in [9.17, 15) is 5.11 Å². The quantitative estimate of drug-likeness (QED) is 0.912. The highest BCUT2D eigenvalue weighted by atomic mass is 35.5. The van der Waals surface area contributed by atoms with Crippen LogP contribution in [0.1, 0.15) is 31.4 Å². The average molecular weight is 308 g/mol. The van der Waals surface area contributed by atoms with Gasteiger partial charge in [0.05, 0.1) is 12.7 Å². The molecular weight excluding hydrogens is 286 g/mol. The third-order valence-electron chi connectivity index (χ3n) is 5.44. The molecule has 3 atom stereocenters. The first-order valence-electron chi connectivity index (χ1n) is 7.80. The second kappa shape index (κ2) is 4.61. The van der Waals surface area contributed by atoms with E-state index in [2.05, 4.69) is 18.7 Å². The number of fused-ring (bicyclic) bond motifs is 2. The number of benzene rings is 1. The van der Waals surface area contributed by atoms with Crippen molar-refractivity contribution in [1.82, 2.24) is 4.90 Å². The number of rotatable bonds is 2. The monoisotopic (exact) mass is 307 g/mol. The molecule has 0 unspecified atom stereocenters. The van der Waals surface area contributed by atoms with Crippen molar-refractivity contribution >= 4 is 11.6 Å². The second-order valence-corrected chi connectivity index (χ2v) is 7.97. The van der Waals surface area contributed by atoms with Crippen LogP contribution in [0.15, 0.2) is 12.1 Å². The molecule has 4 heteroatoms. The normalized spacial score (nSPS) is 33.2. The predicted octanol–water partition coefficient (Wildman–Crippen LogP) is 2.82. The smallest absolute Gasteiger partial charge is 0.127 e. The van der Waals surface area contributed by atoms with E-state index in [0.717, 1.165) is 43.4 Å². The summed E-state index contributed by atoms with van der Waals surface area (Å²) in [7, 11) is 0. The van der Waals surface area contributed by atoms with E-state index in [4.69, 9.17) is 16.3 Å². The summed E-state index contributed by atoms with van der Waals surface area (Å²) < 4.78 is 5.97. The summed E-state index contributed by atoms with van der Waals surface area (Å²) in [5.74, 6) is 2.20. The SMILES string of the molecule is CC1(C)COc2c(CN3C[C@H]4C[C@@H](O)[C@H]4C3)cc(Cl)cc21. The van der Waals surface area contributed by atoms with Crippen molar-refractivity contribution in [1.29, 1.82) is 0 Å². The van der Waals surface area contributed by atoms with E-state index in [-0.39, 0.29) is 11.5 Å². The summed E-state index contributed by atoms with van der Waals surface area (Å²) in [6.07, 6.45) is 0.887. The molecule has 1 saturated carbocycles. The first kappa shape index (κ1) is 13.9. The van der Waals surface area contributed by atoms with Crippen molar-refractivity contribution < 1.29 is 9.84 Å². The maximum absolute atomic E-state index is 9.80. The Hall–Kier alpha value is -0.770. The Morgan fingerprint density at radius 3 is 2.90 bits per heavy atom. The minimum absolute atomic E-state index is 0.0369. The average Bonchev–Trinajstić information content (AvgIpc) is 2.88. The van der Waals surface area contributed by atoms with Gasteiger partial charge < -0.3 is 9.84 Å². The van der Waals surface area contributed by atoms with Crippen molar-refractivity contribution in [2.75, 3.05) is 19.7 Å².